The highest BCUT2D eigenvalue weighted by Gasteiger charge is 1.99. The molecule has 0 aliphatic heterocycles. The Bertz CT molecular complexity index is 262. The van der Waals surface area contributed by atoms with Crippen LogP contribution in [0.5, 0.6) is 0 Å². The zero-order valence-corrected chi connectivity index (χ0v) is 12.8. The van der Waals surface area contributed by atoms with Gasteiger partial charge in [0.25, 0.3) is 0 Å². The van der Waals surface area contributed by atoms with Crippen molar-refractivity contribution < 1.29 is 30.0 Å². The van der Waals surface area contributed by atoms with Gasteiger partial charge < -0.3 is 20.4 Å². The van der Waals surface area contributed by atoms with Gasteiger partial charge >= 0.3 is 11.9 Å². The Morgan fingerprint density at radius 3 is 1.22 bits per heavy atom. The average molecular weight is 392 g/mol. The van der Waals surface area contributed by atoms with E-state index in [1.54, 1.807) is 0 Å². The molecule has 6 nitrogen and oxygen atoms in total. The maximum Gasteiger partial charge on any atom is 0.303 e. The van der Waals surface area contributed by atoms with Crippen molar-refractivity contribution in [2.24, 2.45) is 0 Å². The van der Waals surface area contributed by atoms with E-state index in [2.05, 4.69) is 31.9 Å². The lowest BCUT2D eigenvalue weighted by Gasteiger charge is -1.94. The minimum atomic E-state index is -0.870. The summed E-state index contributed by atoms with van der Waals surface area (Å²) in [5.74, 6) is -1.74. The fourth-order valence-electron chi connectivity index (χ4n) is 0.724. The summed E-state index contributed by atoms with van der Waals surface area (Å²) in [7, 11) is 0. The highest BCUT2D eigenvalue weighted by Crippen LogP contribution is 2.15. The predicted molar refractivity (Wildman–Crippen MR) is 72.8 cm³/mol. The van der Waals surface area contributed by atoms with Gasteiger partial charge in [-0.15, -0.1) is 0 Å². The molecule has 0 amide bonds. The van der Waals surface area contributed by atoms with Crippen LogP contribution in [0.3, 0.4) is 0 Å². The predicted octanol–water partition coefficient (Wildman–Crippen LogP) is 1.69. The molecule has 0 spiro atoms. The minimum absolute atomic E-state index is 0.0628. The molecule has 4 N–H and O–H groups in total. The first-order chi connectivity index (χ1) is 8.34. The molecule has 0 unspecified atom stereocenters. The number of carboxylic acid groups (broad SMARTS) is 2. The summed E-state index contributed by atoms with van der Waals surface area (Å²) < 4.78 is 1.17. The molecule has 0 aromatic carbocycles. The lowest BCUT2D eigenvalue weighted by Crippen LogP contribution is -1.97. The molecule has 0 rings (SSSR count). The zero-order valence-electron chi connectivity index (χ0n) is 9.60. The van der Waals surface area contributed by atoms with E-state index in [1.807, 2.05) is 0 Å². The highest BCUT2D eigenvalue weighted by atomic mass is 79.9. The number of aliphatic hydroxyl groups is 2. The van der Waals surface area contributed by atoms with Crippen molar-refractivity contribution in [2.75, 3.05) is 13.2 Å². The number of aliphatic carboxylic acids is 2. The Morgan fingerprint density at radius 2 is 1.06 bits per heavy atom. The Kier molecular flexibility index (Phi) is 14.4. The molecule has 0 bridgehead atoms. The van der Waals surface area contributed by atoms with E-state index in [4.69, 9.17) is 20.4 Å². The zero-order chi connectivity index (χ0) is 14.6. The van der Waals surface area contributed by atoms with Crippen LogP contribution in [-0.4, -0.2) is 45.6 Å². The molecule has 0 atom stereocenters. The van der Waals surface area contributed by atoms with E-state index < -0.39 is 11.9 Å². The normalized spacial score (nSPS) is 11.1. The molecular weight excluding hydrogens is 376 g/mol. The Labute approximate surface area is 122 Å². The van der Waals surface area contributed by atoms with Gasteiger partial charge in [0.15, 0.2) is 0 Å². The third kappa shape index (κ3) is 15.6. The number of carbonyl (C=O) groups is 2. The number of unbranched alkanes of at least 4 members (excludes halogenated alkanes) is 1. The third-order valence-corrected chi connectivity index (χ3v) is 3.59. The molecule has 0 saturated carbocycles. The molecule has 0 aromatic rings. The van der Waals surface area contributed by atoms with Crippen molar-refractivity contribution in [2.45, 2.75) is 25.7 Å². The van der Waals surface area contributed by atoms with E-state index >= 15 is 0 Å². The van der Waals surface area contributed by atoms with Gasteiger partial charge in [-0.25, -0.2) is 0 Å². The topological polar surface area (TPSA) is 115 Å². The van der Waals surface area contributed by atoms with Crippen LogP contribution in [0.1, 0.15) is 25.7 Å². The first-order valence-corrected chi connectivity index (χ1v) is 6.62. The molecule has 0 heterocycles. The molecule has 106 valence electrons. The van der Waals surface area contributed by atoms with E-state index in [-0.39, 0.29) is 26.1 Å². The number of hydrogen-bond acceptors (Lipinski definition) is 4. The summed E-state index contributed by atoms with van der Waals surface area (Å²) in [5.41, 5.74) is 0. The third-order valence-electron chi connectivity index (χ3n) is 1.60. The van der Waals surface area contributed by atoms with Gasteiger partial charge in [-0.1, -0.05) is 31.9 Å². The highest BCUT2D eigenvalue weighted by molar-refractivity contribution is 9.14. The van der Waals surface area contributed by atoms with Crippen molar-refractivity contribution in [3.8, 4) is 0 Å². The quantitative estimate of drug-likeness (QED) is 0.491. The summed E-state index contributed by atoms with van der Waals surface area (Å²) in [6.45, 7) is -0.164. The number of halogens is 2. The molecular formula is C10H16Br2O6. The maximum absolute atomic E-state index is 9.90. The van der Waals surface area contributed by atoms with Crippen LogP contribution < -0.4 is 0 Å². The summed E-state index contributed by atoms with van der Waals surface area (Å²) in [4.78, 5) is 19.8. The second-order valence-corrected chi connectivity index (χ2v) is 5.04. The van der Waals surface area contributed by atoms with Gasteiger partial charge in [-0.3, -0.25) is 9.59 Å². The molecule has 8 heteroatoms. The molecule has 0 aromatic heterocycles. The number of rotatable bonds is 7. The molecule has 0 saturated heterocycles. The van der Waals surface area contributed by atoms with Crippen LogP contribution in [0, 0.1) is 0 Å². The maximum atomic E-state index is 9.90. The van der Waals surface area contributed by atoms with Crippen molar-refractivity contribution in [3.63, 3.8) is 0 Å². The van der Waals surface area contributed by atoms with Gasteiger partial charge in [0.2, 0.25) is 0 Å². The van der Waals surface area contributed by atoms with Gasteiger partial charge in [0, 0.05) is 21.8 Å². The summed E-state index contributed by atoms with van der Waals surface area (Å²) >= 11 is 6.05. The smallest absolute Gasteiger partial charge is 0.303 e. The summed E-state index contributed by atoms with van der Waals surface area (Å²) in [6, 6.07) is 0. The van der Waals surface area contributed by atoms with Crippen LogP contribution in [-0.2, 0) is 9.59 Å². The second kappa shape index (κ2) is 13.0. The number of carboxylic acids is 2. The fraction of sp³-hybridized carbons (Fsp3) is 0.600. The Balaban J connectivity index is 0. The van der Waals surface area contributed by atoms with E-state index in [9.17, 15) is 9.59 Å². The van der Waals surface area contributed by atoms with Crippen molar-refractivity contribution in [3.05, 3.63) is 8.96 Å². The summed E-state index contributed by atoms with van der Waals surface area (Å²) in [5, 5.41) is 33.0. The molecule has 18 heavy (non-hydrogen) atoms. The number of aliphatic hydroxyl groups excluding tert-OH is 2. The molecule has 0 fully saturated rings. The van der Waals surface area contributed by atoms with Crippen LogP contribution in [0.15, 0.2) is 8.96 Å². The van der Waals surface area contributed by atoms with Gasteiger partial charge in [-0.05, 0) is 12.8 Å². The fourth-order valence-corrected chi connectivity index (χ4v) is 0.975. The van der Waals surface area contributed by atoms with Gasteiger partial charge in [-0.2, -0.15) is 0 Å². The van der Waals surface area contributed by atoms with Gasteiger partial charge in [0.05, 0.1) is 13.2 Å². The van der Waals surface area contributed by atoms with Crippen LogP contribution >= 0.6 is 31.9 Å². The first-order valence-electron chi connectivity index (χ1n) is 5.03. The number of hydrogen-bond donors (Lipinski definition) is 4. The lowest BCUT2D eigenvalue weighted by atomic mass is 10.2. The molecule has 0 aliphatic rings. The van der Waals surface area contributed by atoms with Crippen molar-refractivity contribution in [1.82, 2.24) is 0 Å². The second-order valence-electron chi connectivity index (χ2n) is 3.12. The van der Waals surface area contributed by atoms with Crippen molar-refractivity contribution >= 4 is 43.8 Å². The van der Waals surface area contributed by atoms with Gasteiger partial charge in [0.1, 0.15) is 0 Å². The van der Waals surface area contributed by atoms with Crippen LogP contribution in [0.25, 0.3) is 0 Å². The minimum Gasteiger partial charge on any atom is -0.481 e. The van der Waals surface area contributed by atoms with E-state index in [0.717, 1.165) is 0 Å². The Hall–Kier alpha value is -0.440. The standard InChI is InChI=1S/C6H10O4.C4H6Br2O2/c7-5(8)3-1-2-4-6(9)10;5-3(1-7)4(6)2-8/h1-4H2,(H,7,8)(H,9,10);7-8H,1-2H2/b;4-3+. The van der Waals surface area contributed by atoms with Crippen LogP contribution in [0.4, 0.5) is 0 Å². The van der Waals surface area contributed by atoms with Crippen LogP contribution in [0.2, 0.25) is 0 Å². The van der Waals surface area contributed by atoms with E-state index in [1.165, 1.54) is 0 Å². The Morgan fingerprint density at radius 1 is 0.778 bits per heavy atom. The molecule has 0 aliphatic carbocycles. The monoisotopic (exact) mass is 390 g/mol. The lowest BCUT2D eigenvalue weighted by molar-refractivity contribution is -0.139. The molecule has 0 radical (unpaired) electrons. The summed E-state index contributed by atoms with van der Waals surface area (Å²) in [6.07, 6.45) is 1.02. The van der Waals surface area contributed by atoms with Crippen molar-refractivity contribution in [1.29, 1.82) is 0 Å². The average Bonchev–Trinajstić information content (AvgIpc) is 2.33. The first kappa shape index (κ1) is 19.9. The van der Waals surface area contributed by atoms with E-state index in [0.29, 0.717) is 21.8 Å². The SMILES string of the molecule is O=C(O)CCCCC(=O)O.OC/C(Br)=C(\Br)CO. The largest absolute Gasteiger partial charge is 0.481 e.